The highest BCUT2D eigenvalue weighted by Crippen LogP contribution is 2.29. The highest BCUT2D eigenvalue weighted by Gasteiger charge is 2.20. The van der Waals surface area contributed by atoms with E-state index in [2.05, 4.69) is 15.3 Å². The van der Waals surface area contributed by atoms with Crippen molar-refractivity contribution in [2.75, 3.05) is 13.1 Å². The number of hydrogen-bond acceptors (Lipinski definition) is 2. The molecule has 2 aromatic rings. The van der Waals surface area contributed by atoms with Crippen molar-refractivity contribution in [3.8, 4) is 0 Å². The van der Waals surface area contributed by atoms with Crippen LogP contribution in [0.1, 0.15) is 18.2 Å². The molecule has 84 valence electrons. The summed E-state index contributed by atoms with van der Waals surface area (Å²) in [6.45, 7) is 2.05. The van der Waals surface area contributed by atoms with Gasteiger partial charge in [-0.25, -0.2) is 4.98 Å². The van der Waals surface area contributed by atoms with Crippen LogP contribution in [0.2, 0.25) is 10.0 Å². The normalized spacial score (nSPS) is 20.8. The zero-order valence-electron chi connectivity index (χ0n) is 8.56. The Kier molecular flexibility index (Phi) is 2.54. The number of fused-ring (bicyclic) bond motifs is 1. The molecule has 1 saturated heterocycles. The lowest BCUT2D eigenvalue weighted by molar-refractivity contribution is 0.717. The molecule has 0 radical (unpaired) electrons. The molecule has 0 spiro atoms. The Hall–Kier alpha value is -0.770. The van der Waals surface area contributed by atoms with Crippen molar-refractivity contribution in [2.24, 2.45) is 0 Å². The lowest BCUT2D eigenvalue weighted by Gasteiger charge is -2.01. The van der Waals surface area contributed by atoms with Crippen molar-refractivity contribution in [2.45, 2.75) is 12.3 Å². The monoisotopic (exact) mass is 255 g/mol. The van der Waals surface area contributed by atoms with E-state index in [1.54, 1.807) is 0 Å². The number of aromatic amines is 1. The van der Waals surface area contributed by atoms with Gasteiger partial charge < -0.3 is 10.3 Å². The first-order valence-electron chi connectivity index (χ1n) is 5.29. The predicted molar refractivity (Wildman–Crippen MR) is 66.3 cm³/mol. The molecule has 1 fully saturated rings. The van der Waals surface area contributed by atoms with E-state index in [0.717, 1.165) is 36.4 Å². The largest absolute Gasteiger partial charge is 0.342 e. The van der Waals surface area contributed by atoms with Crippen LogP contribution in [0.5, 0.6) is 0 Å². The zero-order valence-corrected chi connectivity index (χ0v) is 10.1. The number of imidazole rings is 1. The number of nitrogens with zero attached hydrogens (tertiary/aromatic N) is 1. The van der Waals surface area contributed by atoms with Gasteiger partial charge in [0.25, 0.3) is 0 Å². The summed E-state index contributed by atoms with van der Waals surface area (Å²) in [6.07, 6.45) is 1.13. The molecule has 1 atom stereocenters. The molecule has 16 heavy (non-hydrogen) atoms. The topological polar surface area (TPSA) is 40.7 Å². The molecule has 2 N–H and O–H groups in total. The van der Waals surface area contributed by atoms with Gasteiger partial charge >= 0.3 is 0 Å². The predicted octanol–water partition coefficient (Wildman–Crippen LogP) is 2.95. The quantitative estimate of drug-likeness (QED) is 0.823. The Morgan fingerprint density at radius 3 is 2.81 bits per heavy atom. The van der Waals surface area contributed by atoms with Gasteiger partial charge in [-0.1, -0.05) is 23.2 Å². The van der Waals surface area contributed by atoms with Crippen molar-refractivity contribution in [1.82, 2.24) is 15.3 Å². The van der Waals surface area contributed by atoms with Crippen LogP contribution in [0, 0.1) is 0 Å². The van der Waals surface area contributed by atoms with Crippen molar-refractivity contribution in [3.63, 3.8) is 0 Å². The molecule has 0 bridgehead atoms. The molecule has 1 unspecified atom stereocenters. The van der Waals surface area contributed by atoms with Crippen molar-refractivity contribution in [3.05, 3.63) is 28.0 Å². The van der Waals surface area contributed by atoms with Gasteiger partial charge in [0, 0.05) is 12.5 Å². The van der Waals surface area contributed by atoms with E-state index in [4.69, 9.17) is 23.2 Å². The maximum Gasteiger partial charge on any atom is 0.111 e. The number of hydrogen-bond donors (Lipinski definition) is 2. The van der Waals surface area contributed by atoms with E-state index in [0.29, 0.717) is 16.0 Å². The smallest absolute Gasteiger partial charge is 0.111 e. The van der Waals surface area contributed by atoms with E-state index in [1.165, 1.54) is 0 Å². The van der Waals surface area contributed by atoms with Gasteiger partial charge in [-0.15, -0.1) is 0 Å². The second kappa shape index (κ2) is 3.91. The first-order valence-corrected chi connectivity index (χ1v) is 6.05. The number of benzene rings is 1. The average molecular weight is 256 g/mol. The van der Waals surface area contributed by atoms with Crippen LogP contribution in [0.15, 0.2) is 12.1 Å². The second-order valence-electron chi connectivity index (χ2n) is 4.10. The Balaban J connectivity index is 2.08. The minimum absolute atomic E-state index is 0.477. The van der Waals surface area contributed by atoms with Gasteiger partial charge in [0.2, 0.25) is 0 Å². The van der Waals surface area contributed by atoms with Crippen molar-refractivity contribution in [1.29, 1.82) is 0 Å². The number of aromatic nitrogens is 2. The van der Waals surface area contributed by atoms with E-state index in [-0.39, 0.29) is 0 Å². The summed E-state index contributed by atoms with van der Waals surface area (Å²) in [5.41, 5.74) is 1.84. The van der Waals surface area contributed by atoms with E-state index < -0.39 is 0 Å². The summed E-state index contributed by atoms with van der Waals surface area (Å²) in [5.74, 6) is 1.50. The minimum atomic E-state index is 0.477. The molecule has 2 heterocycles. The van der Waals surface area contributed by atoms with Crippen molar-refractivity contribution < 1.29 is 0 Å². The third-order valence-corrected chi connectivity index (χ3v) is 3.71. The summed E-state index contributed by atoms with van der Waals surface area (Å²) in [7, 11) is 0. The maximum atomic E-state index is 5.96. The first-order chi connectivity index (χ1) is 7.74. The number of nitrogens with one attached hydrogen (secondary N) is 2. The summed E-state index contributed by atoms with van der Waals surface area (Å²) < 4.78 is 0. The Morgan fingerprint density at radius 2 is 2.06 bits per heavy atom. The molecular weight excluding hydrogens is 245 g/mol. The highest BCUT2D eigenvalue weighted by atomic mass is 35.5. The van der Waals surface area contributed by atoms with Crippen LogP contribution in [-0.4, -0.2) is 23.1 Å². The fourth-order valence-corrected chi connectivity index (χ4v) is 2.43. The lowest BCUT2D eigenvalue weighted by Crippen LogP contribution is -2.08. The van der Waals surface area contributed by atoms with Crippen LogP contribution < -0.4 is 5.32 Å². The van der Waals surface area contributed by atoms with E-state index >= 15 is 0 Å². The Bertz CT molecular complexity index is 490. The second-order valence-corrected chi connectivity index (χ2v) is 4.91. The van der Waals surface area contributed by atoms with Gasteiger partial charge in [-0.2, -0.15) is 0 Å². The standard InChI is InChI=1S/C11H11Cl2N3/c12-7-3-9-10(4-8(7)13)16-11(15-9)6-1-2-14-5-6/h3-4,6,14H,1-2,5H2,(H,15,16). The van der Waals surface area contributed by atoms with Gasteiger partial charge in [0.05, 0.1) is 21.1 Å². The van der Waals surface area contributed by atoms with Gasteiger partial charge in [-0.3, -0.25) is 0 Å². The molecule has 0 saturated carbocycles. The van der Waals surface area contributed by atoms with Crippen LogP contribution in [-0.2, 0) is 0 Å². The van der Waals surface area contributed by atoms with Gasteiger partial charge in [0.1, 0.15) is 5.82 Å². The van der Waals surface area contributed by atoms with Gasteiger partial charge in [0.15, 0.2) is 0 Å². The first kappa shape index (κ1) is 10.4. The summed E-state index contributed by atoms with van der Waals surface area (Å²) in [6, 6.07) is 3.64. The number of halogens is 2. The third-order valence-electron chi connectivity index (χ3n) is 2.99. The fourth-order valence-electron chi connectivity index (χ4n) is 2.11. The van der Waals surface area contributed by atoms with E-state index in [9.17, 15) is 0 Å². The molecule has 1 aliphatic rings. The molecule has 3 rings (SSSR count). The van der Waals surface area contributed by atoms with Crippen LogP contribution >= 0.6 is 23.2 Å². The molecule has 5 heteroatoms. The van der Waals surface area contributed by atoms with Crippen LogP contribution in [0.25, 0.3) is 11.0 Å². The highest BCUT2D eigenvalue weighted by molar-refractivity contribution is 6.42. The molecule has 1 aliphatic heterocycles. The van der Waals surface area contributed by atoms with Crippen molar-refractivity contribution >= 4 is 34.2 Å². The Labute approximate surface area is 103 Å². The Morgan fingerprint density at radius 1 is 1.25 bits per heavy atom. The average Bonchev–Trinajstić information content (AvgIpc) is 2.86. The number of rotatable bonds is 1. The molecule has 3 nitrogen and oxygen atoms in total. The van der Waals surface area contributed by atoms with Crippen LogP contribution in [0.4, 0.5) is 0 Å². The molecular formula is C11H11Cl2N3. The van der Waals surface area contributed by atoms with E-state index in [1.807, 2.05) is 12.1 Å². The molecule has 0 amide bonds. The molecule has 0 aliphatic carbocycles. The number of H-pyrrole nitrogens is 1. The summed E-state index contributed by atoms with van der Waals surface area (Å²) in [4.78, 5) is 7.87. The van der Waals surface area contributed by atoms with Crippen LogP contribution in [0.3, 0.4) is 0 Å². The summed E-state index contributed by atoms with van der Waals surface area (Å²) in [5, 5.41) is 4.44. The fraction of sp³-hybridized carbons (Fsp3) is 0.364. The lowest BCUT2D eigenvalue weighted by atomic mass is 10.1. The minimum Gasteiger partial charge on any atom is -0.342 e. The summed E-state index contributed by atoms with van der Waals surface area (Å²) >= 11 is 11.9. The molecule has 1 aromatic heterocycles. The third kappa shape index (κ3) is 1.69. The maximum absolute atomic E-state index is 5.96. The van der Waals surface area contributed by atoms with Gasteiger partial charge in [-0.05, 0) is 25.1 Å². The molecule has 1 aromatic carbocycles. The SMILES string of the molecule is Clc1cc2nc(C3CCNC3)[nH]c2cc1Cl. The zero-order chi connectivity index (χ0) is 11.1.